The van der Waals surface area contributed by atoms with E-state index in [9.17, 15) is 4.79 Å². The lowest BCUT2D eigenvalue weighted by atomic mass is 10.1. The average Bonchev–Trinajstić information content (AvgIpc) is 2.71. The number of hydrogen-bond donors (Lipinski definition) is 1. The summed E-state index contributed by atoms with van der Waals surface area (Å²) in [7, 11) is 0. The van der Waals surface area contributed by atoms with Crippen LogP contribution in [-0.2, 0) is 4.79 Å². The van der Waals surface area contributed by atoms with Gasteiger partial charge in [-0.1, -0.05) is 54.6 Å². The summed E-state index contributed by atoms with van der Waals surface area (Å²) < 4.78 is 0. The Labute approximate surface area is 168 Å². The molecule has 2 aromatic rings. The van der Waals surface area contributed by atoms with Gasteiger partial charge >= 0.3 is 0 Å². The lowest BCUT2D eigenvalue weighted by molar-refractivity contribution is -0.116. The molecule has 0 aliphatic carbocycles. The van der Waals surface area contributed by atoms with Crippen LogP contribution in [0, 0.1) is 13.8 Å². The quantitative estimate of drug-likeness (QED) is 0.793. The van der Waals surface area contributed by atoms with Crippen molar-refractivity contribution in [3.8, 4) is 0 Å². The molecule has 1 heterocycles. The fraction of sp³-hybridized carbons (Fsp3) is 0.375. The molecule has 1 fully saturated rings. The number of nitrogens with zero attached hydrogens (tertiary/aromatic N) is 2. The summed E-state index contributed by atoms with van der Waals surface area (Å²) in [5, 5.41) is 3.06. The molecule has 28 heavy (non-hydrogen) atoms. The van der Waals surface area contributed by atoms with Crippen molar-refractivity contribution in [2.75, 3.05) is 44.6 Å². The molecule has 148 valence electrons. The number of anilines is 1. The Bertz CT molecular complexity index is 793. The van der Waals surface area contributed by atoms with Crippen LogP contribution in [0.15, 0.2) is 54.6 Å². The maximum Gasteiger partial charge on any atom is 0.225 e. The number of amides is 1. The van der Waals surface area contributed by atoms with Crippen LogP contribution in [0.3, 0.4) is 0 Å². The van der Waals surface area contributed by atoms with Crippen LogP contribution >= 0.6 is 0 Å². The van der Waals surface area contributed by atoms with Crippen LogP contribution in [-0.4, -0.2) is 55.0 Å². The van der Waals surface area contributed by atoms with E-state index in [1.54, 1.807) is 0 Å². The lowest BCUT2D eigenvalue weighted by Gasteiger charge is -2.34. The highest BCUT2D eigenvalue weighted by atomic mass is 16.1. The highest BCUT2D eigenvalue weighted by Gasteiger charge is 2.16. The molecule has 1 saturated heterocycles. The predicted octanol–water partition coefficient (Wildman–Crippen LogP) is 3.96. The number of aryl methyl sites for hydroxylation is 2. The Hall–Kier alpha value is -2.43. The van der Waals surface area contributed by atoms with Crippen molar-refractivity contribution in [3.63, 3.8) is 0 Å². The zero-order valence-corrected chi connectivity index (χ0v) is 17.0. The molecule has 0 saturated carbocycles. The van der Waals surface area contributed by atoms with E-state index in [1.807, 2.05) is 26.0 Å². The third-order valence-corrected chi connectivity index (χ3v) is 5.26. The van der Waals surface area contributed by atoms with Gasteiger partial charge in [-0.2, -0.15) is 0 Å². The first-order valence-electron chi connectivity index (χ1n) is 10.1. The molecule has 0 aromatic heterocycles. The van der Waals surface area contributed by atoms with Gasteiger partial charge < -0.3 is 10.2 Å². The smallest absolute Gasteiger partial charge is 0.225 e. The molecule has 1 aliphatic heterocycles. The molecule has 3 rings (SSSR count). The van der Waals surface area contributed by atoms with E-state index < -0.39 is 0 Å². The van der Waals surface area contributed by atoms with Crippen molar-refractivity contribution in [2.24, 2.45) is 0 Å². The Morgan fingerprint density at radius 2 is 1.71 bits per heavy atom. The van der Waals surface area contributed by atoms with E-state index in [0.717, 1.165) is 50.5 Å². The normalized spacial score (nSPS) is 15.8. The van der Waals surface area contributed by atoms with Crippen LogP contribution in [0.25, 0.3) is 6.08 Å². The predicted molar refractivity (Wildman–Crippen MR) is 118 cm³/mol. The molecule has 0 bridgehead atoms. The highest BCUT2D eigenvalue weighted by molar-refractivity contribution is 5.91. The summed E-state index contributed by atoms with van der Waals surface area (Å²) in [5.74, 6) is 0.0990. The Balaban J connectivity index is 1.35. The third kappa shape index (κ3) is 6.32. The van der Waals surface area contributed by atoms with Gasteiger partial charge in [-0.05, 0) is 36.6 Å². The molecule has 1 aliphatic rings. The van der Waals surface area contributed by atoms with Gasteiger partial charge in [0, 0.05) is 51.4 Å². The van der Waals surface area contributed by atoms with Gasteiger partial charge in [-0.3, -0.25) is 9.69 Å². The van der Waals surface area contributed by atoms with Crippen molar-refractivity contribution in [1.29, 1.82) is 0 Å². The summed E-state index contributed by atoms with van der Waals surface area (Å²) >= 11 is 0. The average molecular weight is 378 g/mol. The summed E-state index contributed by atoms with van der Waals surface area (Å²) in [6.45, 7) is 10.0. The van der Waals surface area contributed by atoms with Crippen molar-refractivity contribution in [2.45, 2.75) is 20.3 Å². The molecule has 0 radical (unpaired) electrons. The van der Waals surface area contributed by atoms with Crippen molar-refractivity contribution >= 4 is 17.7 Å². The highest BCUT2D eigenvalue weighted by Crippen LogP contribution is 2.16. The van der Waals surface area contributed by atoms with E-state index in [-0.39, 0.29) is 5.91 Å². The maximum atomic E-state index is 12.3. The molecule has 4 heteroatoms. The molecular formula is C24H31N3O. The van der Waals surface area contributed by atoms with E-state index in [2.05, 4.69) is 63.7 Å². The first-order valence-corrected chi connectivity index (χ1v) is 10.1. The molecule has 1 N–H and O–H groups in total. The second-order valence-electron chi connectivity index (χ2n) is 7.57. The molecular weight excluding hydrogens is 346 g/mol. The number of carbonyl (C=O) groups excluding carboxylic acids is 1. The maximum absolute atomic E-state index is 12.3. The summed E-state index contributed by atoms with van der Waals surface area (Å²) in [4.78, 5) is 17.2. The number of piperazine rings is 1. The topological polar surface area (TPSA) is 35.6 Å². The number of nitrogens with one attached hydrogen (secondary N) is 1. The van der Waals surface area contributed by atoms with E-state index >= 15 is 0 Å². The molecule has 1 amide bonds. The summed E-state index contributed by atoms with van der Waals surface area (Å²) in [6, 6.07) is 16.6. The van der Waals surface area contributed by atoms with Gasteiger partial charge in [0.25, 0.3) is 0 Å². The SMILES string of the molecule is Cc1ccc(C)c(NC(=O)CCN2CCN(C/C=C\c3ccccc3)CC2)c1. The number of carbonyl (C=O) groups is 1. The van der Waals surface area contributed by atoms with Crippen molar-refractivity contribution < 1.29 is 4.79 Å². The van der Waals surface area contributed by atoms with Gasteiger partial charge in [0.2, 0.25) is 5.91 Å². The zero-order valence-electron chi connectivity index (χ0n) is 17.0. The third-order valence-electron chi connectivity index (χ3n) is 5.26. The second-order valence-corrected chi connectivity index (χ2v) is 7.57. The van der Waals surface area contributed by atoms with Crippen molar-refractivity contribution in [1.82, 2.24) is 9.80 Å². The van der Waals surface area contributed by atoms with E-state index in [4.69, 9.17) is 0 Å². The van der Waals surface area contributed by atoms with Gasteiger partial charge in [0.15, 0.2) is 0 Å². The molecule has 0 atom stereocenters. The Morgan fingerprint density at radius 1 is 1.00 bits per heavy atom. The number of rotatable bonds is 7. The standard InChI is InChI=1S/C24H31N3O/c1-20-10-11-21(2)23(19-20)25-24(28)12-14-27-17-15-26(16-18-27)13-6-9-22-7-4-3-5-8-22/h3-11,19H,12-18H2,1-2H3,(H,25,28)/b9-6-. The lowest BCUT2D eigenvalue weighted by Crippen LogP contribution is -2.46. The van der Waals surface area contributed by atoms with Crippen LogP contribution in [0.2, 0.25) is 0 Å². The fourth-order valence-electron chi connectivity index (χ4n) is 3.44. The van der Waals surface area contributed by atoms with Crippen molar-refractivity contribution in [3.05, 3.63) is 71.3 Å². The van der Waals surface area contributed by atoms with Crippen LogP contribution < -0.4 is 5.32 Å². The number of hydrogen-bond acceptors (Lipinski definition) is 3. The van der Waals surface area contributed by atoms with E-state index in [0.29, 0.717) is 6.42 Å². The molecule has 0 spiro atoms. The number of benzene rings is 2. The first kappa shape index (κ1) is 20.3. The minimum absolute atomic E-state index is 0.0990. The van der Waals surface area contributed by atoms with Gasteiger partial charge in [-0.25, -0.2) is 0 Å². The van der Waals surface area contributed by atoms with Gasteiger partial charge in [-0.15, -0.1) is 0 Å². The molecule has 2 aromatic carbocycles. The second kappa shape index (κ2) is 10.2. The molecule has 0 unspecified atom stereocenters. The fourth-order valence-corrected chi connectivity index (χ4v) is 3.44. The van der Waals surface area contributed by atoms with Gasteiger partial charge in [0.05, 0.1) is 0 Å². The van der Waals surface area contributed by atoms with Crippen LogP contribution in [0.4, 0.5) is 5.69 Å². The minimum Gasteiger partial charge on any atom is -0.326 e. The Morgan fingerprint density at radius 3 is 2.46 bits per heavy atom. The zero-order chi connectivity index (χ0) is 19.8. The molecule has 4 nitrogen and oxygen atoms in total. The Kier molecular flexibility index (Phi) is 7.40. The van der Waals surface area contributed by atoms with Crippen LogP contribution in [0.5, 0.6) is 0 Å². The minimum atomic E-state index is 0.0990. The van der Waals surface area contributed by atoms with E-state index in [1.165, 1.54) is 11.1 Å². The summed E-state index contributed by atoms with van der Waals surface area (Å²) in [6.07, 6.45) is 4.97. The summed E-state index contributed by atoms with van der Waals surface area (Å²) in [5.41, 5.74) is 4.45. The first-order chi connectivity index (χ1) is 13.6. The largest absolute Gasteiger partial charge is 0.326 e. The van der Waals surface area contributed by atoms with Gasteiger partial charge in [0.1, 0.15) is 0 Å². The van der Waals surface area contributed by atoms with Crippen LogP contribution in [0.1, 0.15) is 23.1 Å². The monoisotopic (exact) mass is 377 g/mol.